The molecule has 0 aromatic rings. The van der Waals surface area contributed by atoms with Crippen molar-refractivity contribution in [3.63, 3.8) is 0 Å². The summed E-state index contributed by atoms with van der Waals surface area (Å²) in [4.78, 5) is 0. The zero-order valence-corrected chi connectivity index (χ0v) is 8.34. The molecule has 0 radical (unpaired) electrons. The van der Waals surface area contributed by atoms with Gasteiger partial charge in [-0.1, -0.05) is 20.3 Å². The SMILES string of the molecule is C[C@H]1CCN[C@@H]2[C@H]1CCC[C@@H]2C. The van der Waals surface area contributed by atoms with Crippen LogP contribution in [0.3, 0.4) is 0 Å². The highest BCUT2D eigenvalue weighted by Crippen LogP contribution is 2.37. The second-order valence-electron chi connectivity index (χ2n) is 4.82. The second kappa shape index (κ2) is 3.37. The van der Waals surface area contributed by atoms with Crippen molar-refractivity contribution >= 4 is 0 Å². The average Bonchev–Trinajstić information content (AvgIpc) is 2.07. The minimum Gasteiger partial charge on any atom is -0.313 e. The molecule has 4 atom stereocenters. The van der Waals surface area contributed by atoms with Gasteiger partial charge < -0.3 is 5.32 Å². The van der Waals surface area contributed by atoms with E-state index in [1.54, 1.807) is 0 Å². The number of fused-ring (bicyclic) bond motifs is 1. The fourth-order valence-electron chi connectivity index (χ4n) is 3.14. The summed E-state index contributed by atoms with van der Waals surface area (Å²) in [6.45, 7) is 6.12. The summed E-state index contributed by atoms with van der Waals surface area (Å²) in [7, 11) is 0. The molecule has 1 heterocycles. The summed E-state index contributed by atoms with van der Waals surface area (Å²) in [6.07, 6.45) is 5.78. The van der Waals surface area contributed by atoms with Crippen LogP contribution in [0.5, 0.6) is 0 Å². The molecular weight excluding hydrogens is 146 g/mol. The molecule has 70 valence electrons. The number of piperidine rings is 1. The molecule has 1 N–H and O–H groups in total. The van der Waals surface area contributed by atoms with Crippen molar-refractivity contribution in [3.05, 3.63) is 0 Å². The third-order valence-electron chi connectivity index (χ3n) is 3.98. The van der Waals surface area contributed by atoms with Crippen LogP contribution in [-0.4, -0.2) is 12.6 Å². The van der Waals surface area contributed by atoms with Gasteiger partial charge in [0.05, 0.1) is 0 Å². The largest absolute Gasteiger partial charge is 0.313 e. The lowest BCUT2D eigenvalue weighted by atomic mass is 9.69. The highest BCUT2D eigenvalue weighted by Gasteiger charge is 2.35. The monoisotopic (exact) mass is 167 g/mol. The maximum atomic E-state index is 3.70. The average molecular weight is 167 g/mol. The van der Waals surface area contributed by atoms with E-state index in [0.29, 0.717) is 0 Å². The van der Waals surface area contributed by atoms with Crippen LogP contribution < -0.4 is 5.32 Å². The number of rotatable bonds is 0. The van der Waals surface area contributed by atoms with Crippen LogP contribution in [0.15, 0.2) is 0 Å². The van der Waals surface area contributed by atoms with Gasteiger partial charge in [0.1, 0.15) is 0 Å². The van der Waals surface area contributed by atoms with Crippen LogP contribution in [0.2, 0.25) is 0 Å². The quantitative estimate of drug-likeness (QED) is 0.584. The molecule has 0 aromatic heterocycles. The van der Waals surface area contributed by atoms with E-state index in [1.807, 2.05) is 0 Å². The first-order chi connectivity index (χ1) is 5.79. The molecule has 1 saturated heterocycles. The Morgan fingerprint density at radius 3 is 2.58 bits per heavy atom. The topological polar surface area (TPSA) is 12.0 Å². The van der Waals surface area contributed by atoms with Gasteiger partial charge in [0, 0.05) is 6.04 Å². The van der Waals surface area contributed by atoms with Crippen molar-refractivity contribution < 1.29 is 0 Å². The summed E-state index contributed by atoms with van der Waals surface area (Å²) < 4.78 is 0. The van der Waals surface area contributed by atoms with Crippen molar-refractivity contribution in [3.8, 4) is 0 Å². The fraction of sp³-hybridized carbons (Fsp3) is 1.00. The lowest BCUT2D eigenvalue weighted by molar-refractivity contribution is 0.109. The van der Waals surface area contributed by atoms with E-state index in [9.17, 15) is 0 Å². The molecule has 1 aliphatic carbocycles. The van der Waals surface area contributed by atoms with Crippen LogP contribution >= 0.6 is 0 Å². The zero-order valence-electron chi connectivity index (χ0n) is 8.34. The molecule has 1 heteroatoms. The van der Waals surface area contributed by atoms with Gasteiger partial charge in [0.2, 0.25) is 0 Å². The highest BCUT2D eigenvalue weighted by atomic mass is 14.9. The predicted octanol–water partition coefficient (Wildman–Crippen LogP) is 2.42. The Hall–Kier alpha value is -0.0400. The smallest absolute Gasteiger partial charge is 0.0123 e. The maximum absolute atomic E-state index is 3.70. The molecule has 1 saturated carbocycles. The first kappa shape index (κ1) is 8.55. The maximum Gasteiger partial charge on any atom is 0.0123 e. The van der Waals surface area contributed by atoms with Gasteiger partial charge in [-0.15, -0.1) is 0 Å². The van der Waals surface area contributed by atoms with Gasteiger partial charge in [-0.3, -0.25) is 0 Å². The van der Waals surface area contributed by atoms with E-state index >= 15 is 0 Å². The van der Waals surface area contributed by atoms with Gasteiger partial charge in [-0.25, -0.2) is 0 Å². The van der Waals surface area contributed by atoms with Crippen molar-refractivity contribution in [2.75, 3.05) is 6.54 Å². The first-order valence-corrected chi connectivity index (χ1v) is 5.52. The molecule has 0 amide bonds. The number of hydrogen-bond donors (Lipinski definition) is 1. The fourth-order valence-corrected chi connectivity index (χ4v) is 3.14. The number of nitrogens with one attached hydrogen (secondary N) is 1. The van der Waals surface area contributed by atoms with Gasteiger partial charge in [0.15, 0.2) is 0 Å². The standard InChI is InChI=1S/C11H21N/c1-8-6-7-12-11-9(2)4-3-5-10(8)11/h8-12H,3-7H2,1-2H3/t8-,9-,10-,11-/m0/s1. The van der Waals surface area contributed by atoms with E-state index < -0.39 is 0 Å². The molecule has 1 aliphatic heterocycles. The van der Waals surface area contributed by atoms with Crippen LogP contribution in [0.4, 0.5) is 0 Å². The van der Waals surface area contributed by atoms with Crippen LogP contribution in [0.1, 0.15) is 39.5 Å². The van der Waals surface area contributed by atoms with Crippen molar-refractivity contribution in [1.82, 2.24) is 5.32 Å². The molecule has 0 aromatic carbocycles. The Labute approximate surface area is 75.9 Å². The van der Waals surface area contributed by atoms with Gasteiger partial charge in [-0.05, 0) is 43.6 Å². The zero-order chi connectivity index (χ0) is 8.55. The summed E-state index contributed by atoms with van der Waals surface area (Å²) >= 11 is 0. The van der Waals surface area contributed by atoms with Crippen LogP contribution in [-0.2, 0) is 0 Å². The highest BCUT2D eigenvalue weighted by molar-refractivity contribution is 4.91. The summed E-state index contributed by atoms with van der Waals surface area (Å²) in [5, 5.41) is 3.70. The Morgan fingerprint density at radius 2 is 1.83 bits per heavy atom. The minimum atomic E-state index is 0.850. The van der Waals surface area contributed by atoms with E-state index in [2.05, 4.69) is 19.2 Å². The third kappa shape index (κ3) is 1.39. The summed E-state index contributed by atoms with van der Waals surface area (Å²) in [5.41, 5.74) is 0. The molecule has 2 fully saturated rings. The minimum absolute atomic E-state index is 0.850. The van der Waals surface area contributed by atoms with E-state index in [1.165, 1.54) is 32.2 Å². The molecule has 0 bridgehead atoms. The van der Waals surface area contributed by atoms with Gasteiger partial charge in [0.25, 0.3) is 0 Å². The normalized spacial score (nSPS) is 48.5. The molecule has 12 heavy (non-hydrogen) atoms. The van der Waals surface area contributed by atoms with Crippen LogP contribution in [0, 0.1) is 17.8 Å². The molecule has 0 spiro atoms. The second-order valence-corrected chi connectivity index (χ2v) is 4.82. The van der Waals surface area contributed by atoms with E-state index in [0.717, 1.165) is 23.8 Å². The third-order valence-corrected chi connectivity index (χ3v) is 3.98. The summed E-state index contributed by atoms with van der Waals surface area (Å²) in [5.74, 6) is 2.88. The summed E-state index contributed by atoms with van der Waals surface area (Å²) in [6, 6.07) is 0.850. The van der Waals surface area contributed by atoms with Crippen LogP contribution in [0.25, 0.3) is 0 Å². The van der Waals surface area contributed by atoms with Gasteiger partial charge >= 0.3 is 0 Å². The Balaban J connectivity index is 2.05. The molecule has 2 aliphatic rings. The van der Waals surface area contributed by atoms with Crippen molar-refractivity contribution in [2.45, 2.75) is 45.6 Å². The Kier molecular flexibility index (Phi) is 2.40. The Morgan fingerprint density at radius 1 is 1.00 bits per heavy atom. The van der Waals surface area contributed by atoms with Crippen molar-refractivity contribution in [1.29, 1.82) is 0 Å². The molecule has 0 unspecified atom stereocenters. The lowest BCUT2D eigenvalue weighted by Crippen LogP contribution is -2.50. The number of hydrogen-bond acceptors (Lipinski definition) is 1. The van der Waals surface area contributed by atoms with Gasteiger partial charge in [-0.2, -0.15) is 0 Å². The van der Waals surface area contributed by atoms with E-state index in [-0.39, 0.29) is 0 Å². The lowest BCUT2D eigenvalue weighted by Gasteiger charge is -2.44. The predicted molar refractivity (Wildman–Crippen MR) is 52.1 cm³/mol. The first-order valence-electron chi connectivity index (χ1n) is 5.52. The Bertz CT molecular complexity index is 137. The molecule has 2 rings (SSSR count). The molecular formula is C11H21N. The van der Waals surface area contributed by atoms with E-state index in [4.69, 9.17) is 0 Å². The molecule has 1 nitrogen and oxygen atoms in total. The van der Waals surface area contributed by atoms with Crippen molar-refractivity contribution in [2.24, 2.45) is 17.8 Å².